The van der Waals surface area contributed by atoms with Gasteiger partial charge in [-0.2, -0.15) is 5.10 Å². The van der Waals surface area contributed by atoms with E-state index >= 15 is 0 Å². The summed E-state index contributed by atoms with van der Waals surface area (Å²) in [6, 6.07) is 9.62. The Bertz CT molecular complexity index is 1100. The summed E-state index contributed by atoms with van der Waals surface area (Å²) in [6.07, 6.45) is 0. The third-order valence-corrected chi connectivity index (χ3v) is 7.04. The lowest BCUT2D eigenvalue weighted by Crippen LogP contribution is -2.32. The van der Waals surface area contributed by atoms with Crippen LogP contribution in [-0.2, 0) is 10.0 Å². The standard InChI is InChI=1S/C19H21N3O4S2/c1-5-21(28(24,25)16-8-6-15(26-4)7-9-16)17-10-11-27-18(17)19(23)22-14(3)12-13(2)20-22/h6-12H,5H2,1-4H3. The van der Waals surface area contributed by atoms with Crippen LogP contribution in [0.4, 0.5) is 5.69 Å². The van der Waals surface area contributed by atoms with Crippen molar-refractivity contribution in [2.75, 3.05) is 18.0 Å². The summed E-state index contributed by atoms with van der Waals surface area (Å²) in [5.74, 6) is 0.219. The van der Waals surface area contributed by atoms with Crippen molar-refractivity contribution in [2.45, 2.75) is 25.7 Å². The lowest BCUT2D eigenvalue weighted by molar-refractivity contribution is 0.0947. The van der Waals surface area contributed by atoms with Crippen molar-refractivity contribution in [1.82, 2.24) is 9.78 Å². The molecule has 148 valence electrons. The Kier molecular flexibility index (Phi) is 5.57. The number of sulfonamides is 1. The number of methoxy groups -OCH3 is 1. The molecule has 2 aromatic heterocycles. The molecule has 0 fully saturated rings. The molecule has 0 aliphatic carbocycles. The molecule has 1 aromatic carbocycles. The van der Waals surface area contributed by atoms with Crippen molar-refractivity contribution in [2.24, 2.45) is 0 Å². The molecular weight excluding hydrogens is 398 g/mol. The molecule has 2 heterocycles. The quantitative estimate of drug-likeness (QED) is 0.611. The van der Waals surface area contributed by atoms with E-state index in [9.17, 15) is 13.2 Å². The fraction of sp³-hybridized carbons (Fsp3) is 0.263. The molecule has 0 aliphatic rings. The van der Waals surface area contributed by atoms with Gasteiger partial charge in [-0.1, -0.05) is 0 Å². The summed E-state index contributed by atoms with van der Waals surface area (Å²) < 4.78 is 34.0. The number of anilines is 1. The molecule has 0 aliphatic heterocycles. The van der Waals surface area contributed by atoms with Gasteiger partial charge in [-0.05, 0) is 62.5 Å². The van der Waals surface area contributed by atoms with Crippen molar-refractivity contribution in [3.63, 3.8) is 0 Å². The number of carbonyl (C=O) groups is 1. The zero-order valence-corrected chi connectivity index (χ0v) is 17.7. The highest BCUT2D eigenvalue weighted by molar-refractivity contribution is 7.92. The second-order valence-electron chi connectivity index (χ2n) is 6.12. The Morgan fingerprint density at radius 2 is 1.89 bits per heavy atom. The van der Waals surface area contributed by atoms with E-state index in [0.29, 0.717) is 22.0 Å². The number of hydrogen-bond acceptors (Lipinski definition) is 6. The van der Waals surface area contributed by atoms with Crippen LogP contribution in [0.15, 0.2) is 46.7 Å². The SMILES string of the molecule is CCN(c1ccsc1C(=O)n1nc(C)cc1C)S(=O)(=O)c1ccc(OC)cc1. The van der Waals surface area contributed by atoms with E-state index in [-0.39, 0.29) is 17.3 Å². The molecule has 7 nitrogen and oxygen atoms in total. The normalized spacial score (nSPS) is 11.4. The Labute approximate surface area is 168 Å². The van der Waals surface area contributed by atoms with Crippen LogP contribution in [0.3, 0.4) is 0 Å². The van der Waals surface area contributed by atoms with E-state index in [0.717, 1.165) is 5.69 Å². The van der Waals surface area contributed by atoms with Crippen molar-refractivity contribution in [3.05, 3.63) is 58.0 Å². The molecule has 3 rings (SSSR count). The topological polar surface area (TPSA) is 81.5 Å². The average Bonchev–Trinajstić information content (AvgIpc) is 3.28. The van der Waals surface area contributed by atoms with Gasteiger partial charge in [-0.25, -0.2) is 13.1 Å². The van der Waals surface area contributed by atoms with Crippen LogP contribution in [0.1, 0.15) is 28.0 Å². The molecular formula is C19H21N3O4S2. The minimum Gasteiger partial charge on any atom is -0.497 e. The summed E-state index contributed by atoms with van der Waals surface area (Å²) in [4.78, 5) is 13.5. The van der Waals surface area contributed by atoms with E-state index in [2.05, 4.69) is 5.10 Å². The Hall–Kier alpha value is -2.65. The van der Waals surface area contributed by atoms with Crippen LogP contribution in [0.2, 0.25) is 0 Å². The van der Waals surface area contributed by atoms with Gasteiger partial charge in [0.1, 0.15) is 10.6 Å². The second kappa shape index (κ2) is 7.76. The number of rotatable bonds is 6. The van der Waals surface area contributed by atoms with Crippen LogP contribution in [0.5, 0.6) is 5.75 Å². The molecule has 3 aromatic rings. The number of benzene rings is 1. The first-order valence-electron chi connectivity index (χ1n) is 8.61. The minimum atomic E-state index is -3.84. The van der Waals surface area contributed by atoms with Gasteiger partial charge in [-0.3, -0.25) is 9.10 Å². The number of thiophene rings is 1. The third kappa shape index (κ3) is 3.55. The number of carbonyl (C=O) groups excluding carboxylic acids is 1. The lowest BCUT2D eigenvalue weighted by Gasteiger charge is -2.23. The van der Waals surface area contributed by atoms with Gasteiger partial charge in [-0.15, -0.1) is 11.3 Å². The van der Waals surface area contributed by atoms with Gasteiger partial charge in [0.15, 0.2) is 0 Å². The largest absolute Gasteiger partial charge is 0.497 e. The maximum atomic E-state index is 13.2. The molecule has 0 atom stereocenters. The van der Waals surface area contributed by atoms with Crippen LogP contribution < -0.4 is 9.04 Å². The van der Waals surface area contributed by atoms with Crippen LogP contribution in [0.25, 0.3) is 0 Å². The number of aryl methyl sites for hydroxylation is 2. The van der Waals surface area contributed by atoms with E-state index in [4.69, 9.17) is 4.74 Å². The van der Waals surface area contributed by atoms with E-state index < -0.39 is 10.0 Å². The summed E-state index contributed by atoms with van der Waals surface area (Å²) >= 11 is 1.20. The molecule has 0 N–H and O–H groups in total. The first-order chi connectivity index (χ1) is 13.3. The smallest absolute Gasteiger partial charge is 0.290 e. The van der Waals surface area contributed by atoms with E-state index in [1.165, 1.54) is 39.6 Å². The molecule has 9 heteroatoms. The van der Waals surface area contributed by atoms with Crippen molar-refractivity contribution in [1.29, 1.82) is 0 Å². The predicted molar refractivity (Wildman–Crippen MR) is 109 cm³/mol. The van der Waals surface area contributed by atoms with E-state index in [1.807, 2.05) is 0 Å². The van der Waals surface area contributed by atoms with Gasteiger partial charge in [0.2, 0.25) is 0 Å². The zero-order chi connectivity index (χ0) is 20.5. The zero-order valence-electron chi connectivity index (χ0n) is 16.0. The van der Waals surface area contributed by atoms with E-state index in [1.54, 1.807) is 50.4 Å². The maximum absolute atomic E-state index is 13.2. The van der Waals surface area contributed by atoms with Crippen molar-refractivity contribution < 1.29 is 17.9 Å². The van der Waals surface area contributed by atoms with Gasteiger partial charge in [0, 0.05) is 12.2 Å². The summed E-state index contributed by atoms with van der Waals surface area (Å²) in [6.45, 7) is 5.51. The monoisotopic (exact) mass is 419 g/mol. The Morgan fingerprint density at radius 1 is 1.21 bits per heavy atom. The first kappa shape index (κ1) is 20.1. The molecule has 0 saturated heterocycles. The van der Waals surface area contributed by atoms with Crippen LogP contribution >= 0.6 is 11.3 Å². The highest BCUT2D eigenvalue weighted by atomic mass is 32.2. The first-order valence-corrected chi connectivity index (χ1v) is 10.9. The van der Waals surface area contributed by atoms with Crippen molar-refractivity contribution >= 4 is 33.0 Å². The Balaban J connectivity index is 2.03. The highest BCUT2D eigenvalue weighted by Crippen LogP contribution is 2.32. The van der Waals surface area contributed by atoms with Crippen LogP contribution in [-0.4, -0.2) is 37.8 Å². The molecule has 0 unspecified atom stereocenters. The lowest BCUT2D eigenvalue weighted by atomic mass is 10.3. The minimum absolute atomic E-state index is 0.130. The molecule has 0 radical (unpaired) electrons. The molecule has 28 heavy (non-hydrogen) atoms. The average molecular weight is 420 g/mol. The fourth-order valence-corrected chi connectivity index (χ4v) is 5.30. The van der Waals surface area contributed by atoms with Gasteiger partial charge < -0.3 is 4.74 Å². The Morgan fingerprint density at radius 3 is 2.43 bits per heavy atom. The fourth-order valence-electron chi connectivity index (χ4n) is 2.93. The highest BCUT2D eigenvalue weighted by Gasteiger charge is 2.29. The number of nitrogens with zero attached hydrogens (tertiary/aromatic N) is 3. The maximum Gasteiger partial charge on any atom is 0.290 e. The second-order valence-corrected chi connectivity index (χ2v) is 8.90. The van der Waals surface area contributed by atoms with Crippen molar-refractivity contribution in [3.8, 4) is 5.75 Å². The summed E-state index contributed by atoms with van der Waals surface area (Å²) in [7, 11) is -2.32. The number of hydrogen-bond donors (Lipinski definition) is 0. The van der Waals surface area contributed by atoms with Gasteiger partial charge in [0.05, 0.1) is 23.4 Å². The molecule has 0 amide bonds. The molecule has 0 bridgehead atoms. The van der Waals surface area contributed by atoms with Gasteiger partial charge in [0.25, 0.3) is 15.9 Å². The number of ether oxygens (including phenoxy) is 1. The summed E-state index contributed by atoms with van der Waals surface area (Å²) in [5.41, 5.74) is 1.77. The predicted octanol–water partition coefficient (Wildman–Crippen LogP) is 3.47. The third-order valence-electron chi connectivity index (χ3n) is 4.24. The molecule has 0 saturated carbocycles. The molecule has 0 spiro atoms. The number of aromatic nitrogens is 2. The summed E-state index contributed by atoms with van der Waals surface area (Å²) in [5, 5.41) is 5.93. The van der Waals surface area contributed by atoms with Gasteiger partial charge >= 0.3 is 0 Å². The van der Waals surface area contributed by atoms with Crippen LogP contribution in [0, 0.1) is 13.8 Å².